The standard InChI is InChI=1S/C19H29N5O4/c1-19(2,3)14(10-25)21-18(26)16-12-8-11-4-5-13(28-11)17(12)24(22-16)15-9-23(27)7-6-20-15/h6-7,9,11-14,17-18,21,25-26H,4-5,8,10H2,1-3H3/t11-,12?,13+,14-,17?,18?/m1/s1. The minimum Gasteiger partial charge on any atom is -0.619 e. The number of hydrogen-bond acceptors (Lipinski definition) is 8. The number of ether oxygens (including phenoxy) is 1. The summed E-state index contributed by atoms with van der Waals surface area (Å²) < 4.78 is 6.80. The molecular formula is C19H29N5O4. The molecule has 0 aliphatic carbocycles. The molecule has 0 spiro atoms. The van der Waals surface area contributed by atoms with Crippen LogP contribution in [0.15, 0.2) is 23.7 Å². The average Bonchev–Trinajstić information content (AvgIpc) is 3.21. The number of aromatic nitrogens is 2. The van der Waals surface area contributed by atoms with Gasteiger partial charge >= 0.3 is 0 Å². The number of aliphatic hydroxyl groups is 2. The molecule has 3 unspecified atom stereocenters. The summed E-state index contributed by atoms with van der Waals surface area (Å²) in [6.07, 6.45) is 6.04. The molecule has 6 atom stereocenters. The Morgan fingerprint density at radius 1 is 1.43 bits per heavy atom. The van der Waals surface area contributed by atoms with Gasteiger partial charge in [0.1, 0.15) is 6.23 Å². The molecule has 4 heterocycles. The average molecular weight is 391 g/mol. The van der Waals surface area contributed by atoms with Gasteiger partial charge in [-0.15, -0.1) is 0 Å². The lowest BCUT2D eigenvalue weighted by Crippen LogP contribution is -2.54. The van der Waals surface area contributed by atoms with Crippen LogP contribution in [-0.2, 0) is 4.74 Å². The highest BCUT2D eigenvalue weighted by atomic mass is 16.5. The number of nitrogens with one attached hydrogen (secondary N) is 1. The molecule has 3 aliphatic rings. The van der Waals surface area contributed by atoms with Gasteiger partial charge in [0, 0.05) is 12.0 Å². The molecule has 154 valence electrons. The fourth-order valence-corrected chi connectivity index (χ4v) is 4.53. The Kier molecular flexibility index (Phi) is 5.03. The predicted molar refractivity (Wildman–Crippen MR) is 102 cm³/mol. The van der Waals surface area contributed by atoms with E-state index in [9.17, 15) is 15.4 Å². The number of fused-ring (bicyclic) bond motifs is 4. The maximum atomic E-state index is 11.8. The molecule has 0 aromatic carbocycles. The second-order valence-electron chi connectivity index (χ2n) is 9.02. The van der Waals surface area contributed by atoms with Crippen LogP contribution in [0.25, 0.3) is 0 Å². The molecule has 2 bridgehead atoms. The topological polar surface area (TPSA) is 117 Å². The summed E-state index contributed by atoms with van der Waals surface area (Å²) in [5, 5.41) is 42.0. The predicted octanol–water partition coefficient (Wildman–Crippen LogP) is 0.142. The fraction of sp³-hybridized carbons (Fsp3) is 0.737. The van der Waals surface area contributed by atoms with Gasteiger partial charge < -0.3 is 20.2 Å². The summed E-state index contributed by atoms with van der Waals surface area (Å²) in [5.74, 6) is 0.452. The molecule has 2 fully saturated rings. The summed E-state index contributed by atoms with van der Waals surface area (Å²) >= 11 is 0. The smallest absolute Gasteiger partial charge is 0.224 e. The first-order valence-electron chi connectivity index (χ1n) is 9.91. The molecule has 9 nitrogen and oxygen atoms in total. The highest BCUT2D eigenvalue weighted by Gasteiger charge is 2.53. The van der Waals surface area contributed by atoms with Crippen molar-refractivity contribution >= 4 is 11.5 Å². The Balaban J connectivity index is 1.64. The van der Waals surface area contributed by atoms with Crippen LogP contribution < -0.4 is 15.1 Å². The molecule has 3 N–H and O–H groups in total. The van der Waals surface area contributed by atoms with Crippen molar-refractivity contribution in [3.05, 3.63) is 23.8 Å². The monoisotopic (exact) mass is 391 g/mol. The maximum absolute atomic E-state index is 11.8. The van der Waals surface area contributed by atoms with E-state index in [4.69, 9.17) is 9.84 Å². The van der Waals surface area contributed by atoms with Crippen LogP contribution in [0.3, 0.4) is 0 Å². The van der Waals surface area contributed by atoms with Gasteiger partial charge in [-0.05, 0) is 24.7 Å². The first kappa shape index (κ1) is 19.5. The zero-order valence-corrected chi connectivity index (χ0v) is 16.5. The summed E-state index contributed by atoms with van der Waals surface area (Å²) in [6, 6.07) is -0.379. The van der Waals surface area contributed by atoms with Gasteiger partial charge in [0.25, 0.3) is 0 Å². The number of aliphatic hydroxyl groups excluding tert-OH is 2. The van der Waals surface area contributed by atoms with Gasteiger partial charge in [0.2, 0.25) is 12.0 Å². The molecule has 9 heteroatoms. The number of rotatable bonds is 5. The van der Waals surface area contributed by atoms with Crippen LogP contribution in [0.4, 0.5) is 5.82 Å². The molecule has 1 aromatic rings. The van der Waals surface area contributed by atoms with Gasteiger partial charge in [-0.25, -0.2) is 9.99 Å². The van der Waals surface area contributed by atoms with E-state index in [0.29, 0.717) is 16.3 Å². The van der Waals surface area contributed by atoms with Crippen LogP contribution in [0.2, 0.25) is 0 Å². The Bertz CT molecular complexity index is 752. The second kappa shape index (κ2) is 7.22. The lowest BCUT2D eigenvalue weighted by molar-refractivity contribution is -0.605. The van der Waals surface area contributed by atoms with Crippen LogP contribution in [-0.4, -0.2) is 58.0 Å². The minimum atomic E-state index is -0.991. The molecule has 0 radical (unpaired) electrons. The van der Waals surface area contributed by atoms with Crippen LogP contribution in [0.1, 0.15) is 40.0 Å². The van der Waals surface area contributed by atoms with E-state index >= 15 is 0 Å². The number of anilines is 1. The molecule has 2 saturated heterocycles. The summed E-state index contributed by atoms with van der Waals surface area (Å²) in [4.78, 5) is 4.31. The first-order chi connectivity index (χ1) is 13.3. The van der Waals surface area contributed by atoms with Gasteiger partial charge in [-0.1, -0.05) is 20.8 Å². The summed E-state index contributed by atoms with van der Waals surface area (Å²) in [5.41, 5.74) is 0.397. The molecular weight excluding hydrogens is 362 g/mol. The maximum Gasteiger partial charge on any atom is 0.224 e. The molecule has 4 rings (SSSR count). The van der Waals surface area contributed by atoms with Crippen LogP contribution in [0.5, 0.6) is 0 Å². The molecule has 0 saturated carbocycles. The zero-order chi connectivity index (χ0) is 20.1. The van der Waals surface area contributed by atoms with Crippen molar-refractivity contribution in [1.82, 2.24) is 10.3 Å². The van der Waals surface area contributed by atoms with Crippen molar-refractivity contribution < 1.29 is 19.7 Å². The van der Waals surface area contributed by atoms with Crippen molar-refractivity contribution in [1.29, 1.82) is 0 Å². The molecule has 28 heavy (non-hydrogen) atoms. The van der Waals surface area contributed by atoms with Crippen molar-refractivity contribution in [2.75, 3.05) is 11.6 Å². The van der Waals surface area contributed by atoms with E-state index in [2.05, 4.69) is 10.3 Å². The highest BCUT2D eigenvalue weighted by molar-refractivity contribution is 5.94. The van der Waals surface area contributed by atoms with E-state index in [1.807, 2.05) is 20.8 Å². The lowest BCUT2D eigenvalue weighted by Gasteiger charge is -2.37. The largest absolute Gasteiger partial charge is 0.619 e. The van der Waals surface area contributed by atoms with Crippen molar-refractivity contribution in [3.8, 4) is 0 Å². The van der Waals surface area contributed by atoms with Gasteiger partial charge in [-0.2, -0.15) is 9.83 Å². The second-order valence-corrected chi connectivity index (χ2v) is 9.02. The highest BCUT2D eigenvalue weighted by Crippen LogP contribution is 2.44. The number of nitrogens with zero attached hydrogens (tertiary/aromatic N) is 4. The Hall–Kier alpha value is -1.81. The van der Waals surface area contributed by atoms with E-state index in [1.54, 1.807) is 5.01 Å². The third-order valence-corrected chi connectivity index (χ3v) is 6.10. The molecule has 3 aliphatic heterocycles. The zero-order valence-electron chi connectivity index (χ0n) is 16.5. The lowest BCUT2D eigenvalue weighted by atomic mass is 9.84. The van der Waals surface area contributed by atoms with Crippen molar-refractivity contribution in [2.45, 2.75) is 70.6 Å². The van der Waals surface area contributed by atoms with Crippen molar-refractivity contribution in [3.63, 3.8) is 0 Å². The molecule has 0 amide bonds. The van der Waals surface area contributed by atoms with Crippen LogP contribution in [0, 0.1) is 16.5 Å². The SMILES string of the molecule is CC(C)(C)[C@@H](CO)NC(O)C1=NN(c2c[n+]([O-])ccn2)C2C1C[C@H]1CC[C@@H]2O1. The third-order valence-electron chi connectivity index (χ3n) is 6.10. The van der Waals surface area contributed by atoms with Gasteiger partial charge in [0.05, 0.1) is 36.8 Å². The number of hydrazone groups is 1. The fourth-order valence-electron chi connectivity index (χ4n) is 4.53. The van der Waals surface area contributed by atoms with E-state index in [-0.39, 0.29) is 42.2 Å². The van der Waals surface area contributed by atoms with E-state index in [0.717, 1.165) is 19.3 Å². The van der Waals surface area contributed by atoms with Gasteiger partial charge in [-0.3, -0.25) is 5.32 Å². The first-order valence-corrected chi connectivity index (χ1v) is 9.91. The Morgan fingerprint density at radius 2 is 2.21 bits per heavy atom. The number of hydrogen-bond donors (Lipinski definition) is 3. The Morgan fingerprint density at radius 3 is 2.89 bits per heavy atom. The van der Waals surface area contributed by atoms with E-state index in [1.165, 1.54) is 18.6 Å². The van der Waals surface area contributed by atoms with Crippen molar-refractivity contribution in [2.24, 2.45) is 16.4 Å². The minimum absolute atomic E-state index is 0.00411. The normalized spacial score (nSPS) is 31.5. The third kappa shape index (κ3) is 3.47. The van der Waals surface area contributed by atoms with Gasteiger partial charge in [0.15, 0.2) is 6.20 Å². The summed E-state index contributed by atoms with van der Waals surface area (Å²) in [6.45, 7) is 5.94. The Labute approximate surface area is 164 Å². The summed E-state index contributed by atoms with van der Waals surface area (Å²) in [7, 11) is 0. The quantitative estimate of drug-likeness (QED) is 0.371. The molecule has 1 aromatic heterocycles. The van der Waals surface area contributed by atoms with E-state index < -0.39 is 6.23 Å². The van der Waals surface area contributed by atoms with Crippen LogP contribution >= 0.6 is 0 Å².